The van der Waals surface area contributed by atoms with E-state index in [1.807, 2.05) is 0 Å². The fraction of sp³-hybridized carbons (Fsp3) is 0.455. The zero-order valence-electron chi connectivity index (χ0n) is 22.3. The number of phosphoric acid groups is 1. The smallest absolute Gasteiger partial charge is 0.398 e. The van der Waals surface area contributed by atoms with Gasteiger partial charge in [-0.2, -0.15) is 4.98 Å². The van der Waals surface area contributed by atoms with Gasteiger partial charge in [-0.05, 0) is 23.9 Å². The Hall–Kier alpha value is -2.87. The Kier molecular flexibility index (Phi) is 7.38. The molecule has 7 rings (SSSR count). The molecule has 0 aliphatic carbocycles. The summed E-state index contributed by atoms with van der Waals surface area (Å²) in [7, 11) is -4.88. The van der Waals surface area contributed by atoms with Crippen LogP contribution in [0.2, 0.25) is 0 Å². The number of nitrogens with one attached hydrogen (secondary N) is 1. The normalized spacial score (nSPS) is 36.6. The molecule has 0 radical (unpaired) electrons. The highest BCUT2D eigenvalue weighted by Crippen LogP contribution is 2.54. The standard InChI is InChI=1S/C22H25FN8O10P2S/c23-14-16-13(39-21(14)30-4-2-10-11(24)1-3-26-17(10)30)7-36-42(33,34)40-12-5-9(6-37-43(35,44)41-16)38-20(12)31-8-27-15-18(31)28-22(25)29-19(15)32/h1-4,8-9,12-14,16,20-21H,5-7H2,(H2,24,26)(H,33,34)(H,35,44)(H3,25,28,29,32)/t9-,12+,13+,14-,16+,20+,21+,43?/m0/s1. The fourth-order valence-corrected chi connectivity index (χ4v) is 7.87. The number of anilines is 2. The number of hydrogen-bond donors (Lipinski definition) is 5. The highest BCUT2D eigenvalue weighted by molar-refractivity contribution is 8.07. The first-order valence-corrected chi connectivity index (χ1v) is 17.2. The van der Waals surface area contributed by atoms with Gasteiger partial charge in [0.1, 0.15) is 24.0 Å². The number of aromatic amines is 1. The van der Waals surface area contributed by atoms with E-state index in [0.29, 0.717) is 16.7 Å². The zero-order chi connectivity index (χ0) is 31.0. The topological polar surface area (TPSA) is 246 Å². The zero-order valence-corrected chi connectivity index (χ0v) is 24.9. The molecule has 0 amide bonds. The number of aromatic nitrogens is 6. The third-order valence-electron chi connectivity index (χ3n) is 7.41. The number of fused-ring (bicyclic) bond motifs is 5. The number of ether oxygens (including phenoxy) is 2. The summed E-state index contributed by atoms with van der Waals surface area (Å²) in [5.41, 5.74) is 11.8. The molecule has 9 atom stereocenters. The van der Waals surface area contributed by atoms with Crippen molar-refractivity contribution in [3.8, 4) is 0 Å². The summed E-state index contributed by atoms with van der Waals surface area (Å²) in [6, 6.07) is 3.21. The lowest BCUT2D eigenvalue weighted by atomic mass is 10.1. The molecular weight excluding hydrogens is 649 g/mol. The van der Waals surface area contributed by atoms with Gasteiger partial charge in [-0.1, -0.05) is 0 Å². The third kappa shape index (κ3) is 5.35. The monoisotopic (exact) mass is 674 g/mol. The van der Waals surface area contributed by atoms with Crippen LogP contribution in [-0.4, -0.2) is 82.7 Å². The summed E-state index contributed by atoms with van der Waals surface area (Å²) < 4.78 is 65.6. The number of nitrogens with two attached hydrogens (primary N) is 2. The fourth-order valence-electron chi connectivity index (χ4n) is 5.48. The molecule has 236 valence electrons. The predicted molar refractivity (Wildman–Crippen MR) is 152 cm³/mol. The Balaban J connectivity index is 1.19. The van der Waals surface area contributed by atoms with Crippen LogP contribution in [-0.2, 0) is 43.9 Å². The van der Waals surface area contributed by atoms with Crippen LogP contribution >= 0.6 is 14.5 Å². The Morgan fingerprint density at radius 1 is 1.05 bits per heavy atom. The average Bonchev–Trinajstić information content (AvgIpc) is 3.72. The summed E-state index contributed by atoms with van der Waals surface area (Å²) in [5, 5.41) is 0.546. The third-order valence-corrected chi connectivity index (χ3v) is 9.98. The maximum absolute atomic E-state index is 16.0. The maximum Gasteiger partial charge on any atom is 0.472 e. The van der Waals surface area contributed by atoms with Crippen LogP contribution in [0.3, 0.4) is 0 Å². The van der Waals surface area contributed by atoms with Crippen LogP contribution in [0.15, 0.2) is 35.6 Å². The first-order valence-electron chi connectivity index (χ1n) is 13.1. The Morgan fingerprint density at radius 2 is 1.86 bits per heavy atom. The van der Waals surface area contributed by atoms with Gasteiger partial charge in [0.2, 0.25) is 5.95 Å². The number of imidazole rings is 1. The second kappa shape index (κ2) is 10.9. The van der Waals surface area contributed by atoms with Gasteiger partial charge in [0.05, 0.1) is 25.6 Å². The molecule has 4 aromatic rings. The highest BCUT2D eigenvalue weighted by Gasteiger charge is 2.51. The van der Waals surface area contributed by atoms with E-state index in [2.05, 4.69) is 19.9 Å². The van der Waals surface area contributed by atoms with Crippen molar-refractivity contribution in [3.63, 3.8) is 0 Å². The highest BCUT2D eigenvalue weighted by atomic mass is 32.5. The van der Waals surface area contributed by atoms with Crippen LogP contribution < -0.4 is 17.0 Å². The lowest BCUT2D eigenvalue weighted by molar-refractivity contribution is -0.0641. The van der Waals surface area contributed by atoms with Crippen molar-refractivity contribution in [2.24, 2.45) is 0 Å². The second-order valence-electron chi connectivity index (χ2n) is 10.3. The van der Waals surface area contributed by atoms with Crippen molar-refractivity contribution in [2.75, 3.05) is 24.7 Å². The van der Waals surface area contributed by atoms with Crippen LogP contribution in [0.5, 0.6) is 0 Å². The minimum absolute atomic E-state index is 0.0211. The van der Waals surface area contributed by atoms with E-state index in [1.54, 1.807) is 12.1 Å². The minimum Gasteiger partial charge on any atom is -0.398 e. The molecule has 22 heteroatoms. The number of alkyl halides is 1. The average molecular weight is 675 g/mol. The Bertz CT molecular complexity index is 1910. The molecule has 44 heavy (non-hydrogen) atoms. The number of pyridine rings is 1. The van der Waals surface area contributed by atoms with Gasteiger partial charge >= 0.3 is 14.5 Å². The summed E-state index contributed by atoms with van der Waals surface area (Å²) in [6.07, 6.45) is -5.33. The van der Waals surface area contributed by atoms with Gasteiger partial charge in [-0.25, -0.2) is 18.9 Å². The van der Waals surface area contributed by atoms with E-state index in [4.69, 9.17) is 50.8 Å². The molecule has 3 aliphatic rings. The van der Waals surface area contributed by atoms with Gasteiger partial charge < -0.3 is 39.8 Å². The van der Waals surface area contributed by atoms with Gasteiger partial charge in [-0.15, -0.1) is 0 Å². The lowest BCUT2D eigenvalue weighted by Gasteiger charge is -2.26. The van der Waals surface area contributed by atoms with Crippen molar-refractivity contribution >= 4 is 60.2 Å². The van der Waals surface area contributed by atoms with E-state index in [0.717, 1.165) is 0 Å². The van der Waals surface area contributed by atoms with Crippen LogP contribution in [0.25, 0.3) is 22.2 Å². The number of nitrogens with zero attached hydrogens (tertiary/aromatic N) is 5. The number of rotatable bonds is 2. The number of phosphoric ester groups is 1. The van der Waals surface area contributed by atoms with Crippen LogP contribution in [0.4, 0.5) is 16.0 Å². The van der Waals surface area contributed by atoms with Gasteiger partial charge in [0, 0.05) is 29.9 Å². The number of nitrogen functional groups attached to an aromatic ring is 2. The quantitative estimate of drug-likeness (QED) is 0.186. The van der Waals surface area contributed by atoms with Crippen LogP contribution in [0.1, 0.15) is 18.9 Å². The molecule has 0 aromatic carbocycles. The number of halogens is 1. The van der Waals surface area contributed by atoms with E-state index < -0.39 is 69.8 Å². The minimum atomic E-state index is -4.88. The molecule has 7 heterocycles. The molecule has 3 aliphatic heterocycles. The van der Waals surface area contributed by atoms with E-state index in [1.165, 1.54) is 27.9 Å². The van der Waals surface area contributed by atoms with Crippen LogP contribution in [0, 0.1) is 0 Å². The molecule has 0 saturated carbocycles. The molecule has 2 bridgehead atoms. The van der Waals surface area contributed by atoms with Crippen molar-refractivity contribution in [2.45, 2.75) is 49.5 Å². The van der Waals surface area contributed by atoms with Gasteiger partial charge in [0.25, 0.3) is 5.56 Å². The van der Waals surface area contributed by atoms with Crippen molar-refractivity contribution < 1.29 is 46.3 Å². The lowest BCUT2D eigenvalue weighted by Crippen LogP contribution is -2.34. The van der Waals surface area contributed by atoms with E-state index in [-0.39, 0.29) is 30.1 Å². The predicted octanol–water partition coefficient (Wildman–Crippen LogP) is 0.991. The second-order valence-corrected chi connectivity index (χ2v) is 14.5. The summed E-state index contributed by atoms with van der Waals surface area (Å²) in [4.78, 5) is 48.6. The summed E-state index contributed by atoms with van der Waals surface area (Å²) >= 11 is 5.18. The van der Waals surface area contributed by atoms with Crippen molar-refractivity contribution in [1.29, 1.82) is 0 Å². The van der Waals surface area contributed by atoms with Gasteiger partial charge in [-0.3, -0.25) is 27.9 Å². The molecule has 3 saturated heterocycles. The molecule has 4 aromatic heterocycles. The van der Waals surface area contributed by atoms with E-state index in [9.17, 15) is 19.1 Å². The SMILES string of the molecule is Nc1nc2c(ncn2[C@@H]2O[C@@H]3COP(O)(=S)O[C@H]4[C@H](F)[C@H](n5ccc6c(N)ccnc65)O[C@@H]4COP(=O)(O)O[C@@H]2C3)c(=O)[nH]1. The molecule has 0 spiro atoms. The number of hydrogen-bond acceptors (Lipinski definition) is 14. The molecule has 18 nitrogen and oxygen atoms in total. The van der Waals surface area contributed by atoms with Gasteiger partial charge in [0.15, 0.2) is 29.8 Å². The Morgan fingerprint density at radius 3 is 2.68 bits per heavy atom. The summed E-state index contributed by atoms with van der Waals surface area (Å²) in [6.45, 7) is -5.22. The first kappa shape index (κ1) is 29.8. The molecule has 7 N–H and O–H groups in total. The molecule has 2 unspecified atom stereocenters. The summed E-state index contributed by atoms with van der Waals surface area (Å²) in [5.74, 6) is -0.196. The van der Waals surface area contributed by atoms with Crippen molar-refractivity contribution in [3.05, 3.63) is 41.2 Å². The molecular formula is C22H25FN8O10P2S. The number of H-pyrrole nitrogens is 1. The Labute approximate surface area is 250 Å². The maximum atomic E-state index is 16.0. The first-order chi connectivity index (χ1) is 20.9. The molecule has 3 fully saturated rings. The van der Waals surface area contributed by atoms with Crippen molar-refractivity contribution in [1.82, 2.24) is 29.1 Å². The van der Waals surface area contributed by atoms with E-state index >= 15 is 4.39 Å². The largest absolute Gasteiger partial charge is 0.472 e.